The quantitative estimate of drug-likeness (QED) is 0.591. The van der Waals surface area contributed by atoms with Crippen LogP contribution >= 0.6 is 0 Å². The molecule has 0 aromatic heterocycles. The van der Waals surface area contributed by atoms with Crippen molar-refractivity contribution in [3.8, 4) is 11.1 Å². The van der Waals surface area contributed by atoms with Crippen LogP contribution in [0, 0.1) is 0 Å². The number of fused-ring (bicyclic) bond motifs is 3. The number of nitrogens with zero attached hydrogens (tertiary/aromatic N) is 2. The molecule has 8 heteroatoms. The summed E-state index contributed by atoms with van der Waals surface area (Å²) in [5, 5.41) is 11.8. The first-order valence-electron chi connectivity index (χ1n) is 11.7. The van der Waals surface area contributed by atoms with E-state index in [4.69, 9.17) is 4.74 Å². The maximum atomic E-state index is 12.9. The molecule has 1 fully saturated rings. The second kappa shape index (κ2) is 10.7. The molecule has 34 heavy (non-hydrogen) atoms. The van der Waals surface area contributed by atoms with Crippen molar-refractivity contribution in [2.45, 2.75) is 31.2 Å². The number of carbonyl (C=O) groups is 3. The molecule has 2 aromatic rings. The molecule has 1 aliphatic carbocycles. The zero-order valence-electron chi connectivity index (χ0n) is 19.4. The largest absolute Gasteiger partial charge is 0.481 e. The SMILES string of the molecule is CN(CCN1CCCC1)C(=O)C(CC(=O)O)NC(=O)OCC1c2ccccc2-c2ccccc21. The summed E-state index contributed by atoms with van der Waals surface area (Å²) in [6, 6.07) is 14.8. The van der Waals surface area contributed by atoms with E-state index in [1.165, 1.54) is 4.90 Å². The van der Waals surface area contributed by atoms with Gasteiger partial charge in [-0.2, -0.15) is 0 Å². The first-order chi connectivity index (χ1) is 16.4. The molecule has 1 aliphatic heterocycles. The molecule has 0 bridgehead atoms. The van der Waals surface area contributed by atoms with Crippen molar-refractivity contribution in [2.24, 2.45) is 0 Å². The molecule has 1 atom stereocenters. The molecular weight excluding hydrogens is 434 g/mol. The number of hydrogen-bond acceptors (Lipinski definition) is 5. The Bertz CT molecular complexity index is 1000. The third-order valence-corrected chi connectivity index (χ3v) is 6.64. The Morgan fingerprint density at radius 1 is 1.06 bits per heavy atom. The lowest BCUT2D eigenvalue weighted by atomic mass is 9.98. The standard InChI is InChI=1S/C26H31N3O5/c1-28(14-15-29-12-6-7-13-29)25(32)23(16-24(30)31)27-26(33)34-17-22-20-10-4-2-8-18(20)19-9-3-5-11-21(19)22/h2-5,8-11,22-23H,6-7,12-17H2,1H3,(H,27,33)(H,30,31). The van der Waals surface area contributed by atoms with Gasteiger partial charge in [0.05, 0.1) is 6.42 Å². The van der Waals surface area contributed by atoms with E-state index >= 15 is 0 Å². The maximum Gasteiger partial charge on any atom is 0.407 e. The van der Waals surface area contributed by atoms with Crippen molar-refractivity contribution >= 4 is 18.0 Å². The van der Waals surface area contributed by atoms with Gasteiger partial charge in [-0.15, -0.1) is 0 Å². The number of ether oxygens (including phenoxy) is 1. The Balaban J connectivity index is 1.36. The van der Waals surface area contributed by atoms with Gasteiger partial charge in [-0.1, -0.05) is 48.5 Å². The van der Waals surface area contributed by atoms with Gasteiger partial charge in [0.2, 0.25) is 5.91 Å². The lowest BCUT2D eigenvalue weighted by Gasteiger charge is -2.25. The van der Waals surface area contributed by atoms with Gasteiger partial charge >= 0.3 is 12.1 Å². The van der Waals surface area contributed by atoms with E-state index in [-0.39, 0.29) is 12.5 Å². The number of rotatable bonds is 9. The van der Waals surface area contributed by atoms with Gasteiger partial charge in [-0.05, 0) is 48.2 Å². The number of carboxylic acids is 1. The summed E-state index contributed by atoms with van der Waals surface area (Å²) in [4.78, 5) is 40.6. The van der Waals surface area contributed by atoms with Gasteiger partial charge in [0, 0.05) is 26.1 Å². The van der Waals surface area contributed by atoms with E-state index in [2.05, 4.69) is 10.2 Å². The third-order valence-electron chi connectivity index (χ3n) is 6.64. The molecule has 1 saturated heterocycles. The van der Waals surface area contributed by atoms with Gasteiger partial charge in [0.25, 0.3) is 0 Å². The molecule has 1 heterocycles. The zero-order chi connectivity index (χ0) is 24.1. The molecule has 2 N–H and O–H groups in total. The summed E-state index contributed by atoms with van der Waals surface area (Å²) < 4.78 is 5.50. The van der Waals surface area contributed by atoms with Crippen molar-refractivity contribution in [1.82, 2.24) is 15.1 Å². The molecular formula is C26H31N3O5. The predicted molar refractivity (Wildman–Crippen MR) is 128 cm³/mol. The summed E-state index contributed by atoms with van der Waals surface area (Å²) in [6.45, 7) is 3.32. The van der Waals surface area contributed by atoms with E-state index in [0.29, 0.717) is 6.54 Å². The highest BCUT2D eigenvalue weighted by atomic mass is 16.5. The van der Waals surface area contributed by atoms with Crippen LogP contribution in [-0.2, 0) is 14.3 Å². The van der Waals surface area contributed by atoms with Crippen LogP contribution in [0.3, 0.4) is 0 Å². The van der Waals surface area contributed by atoms with E-state index in [1.54, 1.807) is 7.05 Å². The molecule has 0 spiro atoms. The van der Waals surface area contributed by atoms with E-state index in [1.807, 2.05) is 48.5 Å². The van der Waals surface area contributed by atoms with Crippen LogP contribution in [0.2, 0.25) is 0 Å². The van der Waals surface area contributed by atoms with Crippen molar-refractivity contribution in [2.75, 3.05) is 39.8 Å². The Hall–Kier alpha value is -3.39. The fourth-order valence-electron chi connectivity index (χ4n) is 4.83. The topological polar surface area (TPSA) is 99.2 Å². The lowest BCUT2D eigenvalue weighted by molar-refractivity contribution is -0.142. The van der Waals surface area contributed by atoms with Gasteiger partial charge in [0.1, 0.15) is 12.6 Å². The number of amides is 2. The average molecular weight is 466 g/mol. The van der Waals surface area contributed by atoms with Crippen molar-refractivity contribution < 1.29 is 24.2 Å². The molecule has 180 valence electrons. The average Bonchev–Trinajstić information content (AvgIpc) is 3.46. The van der Waals surface area contributed by atoms with E-state index in [9.17, 15) is 19.5 Å². The first kappa shape index (κ1) is 23.8. The molecule has 1 unspecified atom stereocenters. The van der Waals surface area contributed by atoms with Crippen LogP contribution < -0.4 is 5.32 Å². The van der Waals surface area contributed by atoms with Crippen molar-refractivity contribution in [1.29, 1.82) is 0 Å². The second-order valence-electron chi connectivity index (χ2n) is 8.93. The summed E-state index contributed by atoms with van der Waals surface area (Å²) in [6.07, 6.45) is 1.01. The highest BCUT2D eigenvalue weighted by Crippen LogP contribution is 2.44. The lowest BCUT2D eigenvalue weighted by Crippen LogP contribution is -2.50. The van der Waals surface area contributed by atoms with Crippen molar-refractivity contribution in [3.05, 3.63) is 59.7 Å². The van der Waals surface area contributed by atoms with Crippen LogP contribution in [0.1, 0.15) is 36.3 Å². The number of benzene rings is 2. The number of aliphatic carboxylic acids is 1. The van der Waals surface area contributed by atoms with Gasteiger partial charge in [0.15, 0.2) is 0 Å². The highest BCUT2D eigenvalue weighted by Gasteiger charge is 2.31. The maximum absolute atomic E-state index is 12.9. The Morgan fingerprint density at radius 3 is 2.24 bits per heavy atom. The van der Waals surface area contributed by atoms with Crippen LogP contribution in [0.4, 0.5) is 4.79 Å². The van der Waals surface area contributed by atoms with Gasteiger partial charge < -0.3 is 25.0 Å². The minimum Gasteiger partial charge on any atom is -0.481 e. The van der Waals surface area contributed by atoms with E-state index in [0.717, 1.165) is 54.7 Å². The molecule has 4 rings (SSSR count). The Labute approximate surface area is 199 Å². The zero-order valence-corrected chi connectivity index (χ0v) is 19.4. The first-order valence-corrected chi connectivity index (χ1v) is 11.7. The normalized spacial score (nSPS) is 15.9. The summed E-state index contributed by atoms with van der Waals surface area (Å²) in [7, 11) is 1.63. The number of nitrogens with one attached hydrogen (secondary N) is 1. The molecule has 2 aromatic carbocycles. The molecule has 0 radical (unpaired) electrons. The van der Waals surface area contributed by atoms with Gasteiger partial charge in [-0.25, -0.2) is 4.79 Å². The highest BCUT2D eigenvalue weighted by molar-refractivity contribution is 5.89. The summed E-state index contributed by atoms with van der Waals surface area (Å²) in [5.41, 5.74) is 4.39. The third kappa shape index (κ3) is 5.39. The smallest absolute Gasteiger partial charge is 0.407 e. The minimum atomic E-state index is -1.18. The molecule has 8 nitrogen and oxygen atoms in total. The van der Waals surface area contributed by atoms with Crippen LogP contribution in [0.15, 0.2) is 48.5 Å². The predicted octanol–water partition coefficient (Wildman–Crippen LogP) is 2.92. The van der Waals surface area contributed by atoms with Crippen LogP contribution in [0.25, 0.3) is 11.1 Å². The number of carboxylic acid groups (broad SMARTS) is 1. The number of likely N-dealkylation sites (tertiary alicyclic amines) is 1. The molecule has 0 saturated carbocycles. The Kier molecular flexibility index (Phi) is 7.47. The van der Waals surface area contributed by atoms with Crippen molar-refractivity contribution in [3.63, 3.8) is 0 Å². The van der Waals surface area contributed by atoms with E-state index < -0.39 is 30.4 Å². The summed E-state index contributed by atoms with van der Waals surface area (Å²) in [5.74, 6) is -1.71. The van der Waals surface area contributed by atoms with Crippen LogP contribution in [0.5, 0.6) is 0 Å². The number of alkyl carbamates (subject to hydrolysis) is 1. The molecule has 2 amide bonds. The molecule has 2 aliphatic rings. The minimum absolute atomic E-state index is 0.0959. The van der Waals surface area contributed by atoms with Gasteiger partial charge in [-0.3, -0.25) is 9.59 Å². The fourth-order valence-corrected chi connectivity index (χ4v) is 4.83. The monoisotopic (exact) mass is 465 g/mol. The number of carbonyl (C=O) groups excluding carboxylic acids is 2. The number of likely N-dealkylation sites (N-methyl/N-ethyl adjacent to an activating group) is 1. The second-order valence-corrected chi connectivity index (χ2v) is 8.93. The Morgan fingerprint density at radius 2 is 1.65 bits per heavy atom. The number of hydrogen-bond donors (Lipinski definition) is 2. The fraction of sp³-hybridized carbons (Fsp3) is 0.423. The van der Waals surface area contributed by atoms with Crippen LogP contribution in [-0.4, -0.2) is 78.8 Å². The summed E-state index contributed by atoms with van der Waals surface area (Å²) >= 11 is 0.